The molecular formula is C56H36N2O2. The summed E-state index contributed by atoms with van der Waals surface area (Å²) in [7, 11) is 0. The maximum absolute atomic E-state index is 6.17. The Balaban J connectivity index is 0.889. The number of fused-ring (bicyclic) bond motifs is 8. The zero-order valence-electron chi connectivity index (χ0n) is 32.5. The van der Waals surface area contributed by atoms with E-state index in [-0.39, 0.29) is 0 Å². The van der Waals surface area contributed by atoms with Crippen LogP contribution in [0.4, 0.5) is 34.1 Å². The van der Waals surface area contributed by atoms with E-state index < -0.39 is 0 Å². The predicted molar refractivity (Wildman–Crippen MR) is 251 cm³/mol. The molecule has 0 fully saturated rings. The largest absolute Gasteiger partial charge is 0.456 e. The van der Waals surface area contributed by atoms with Crippen LogP contribution in [0.1, 0.15) is 0 Å². The van der Waals surface area contributed by atoms with E-state index in [1.165, 1.54) is 32.7 Å². The van der Waals surface area contributed by atoms with Crippen LogP contribution in [0.25, 0.3) is 76.5 Å². The van der Waals surface area contributed by atoms with Gasteiger partial charge in [-0.15, -0.1) is 0 Å². The fraction of sp³-hybridized carbons (Fsp3) is 0. The Kier molecular flexibility index (Phi) is 7.82. The van der Waals surface area contributed by atoms with Gasteiger partial charge in [-0.1, -0.05) is 109 Å². The van der Waals surface area contributed by atoms with Crippen LogP contribution in [0.3, 0.4) is 0 Å². The summed E-state index contributed by atoms with van der Waals surface area (Å²) < 4.78 is 12.3. The smallest absolute Gasteiger partial charge is 0.135 e. The molecule has 0 aliphatic heterocycles. The Labute approximate surface area is 346 Å². The number of nitrogens with zero attached hydrogens (tertiary/aromatic N) is 2. The van der Waals surface area contributed by atoms with Gasteiger partial charge in [0.05, 0.1) is 0 Å². The highest BCUT2D eigenvalue weighted by molar-refractivity contribution is 6.08. The van der Waals surface area contributed by atoms with Crippen molar-refractivity contribution in [2.45, 2.75) is 0 Å². The monoisotopic (exact) mass is 768 g/mol. The van der Waals surface area contributed by atoms with E-state index in [1.807, 2.05) is 24.3 Å². The Morgan fingerprint density at radius 2 is 0.583 bits per heavy atom. The van der Waals surface area contributed by atoms with Crippen LogP contribution in [-0.2, 0) is 0 Å². The second kappa shape index (κ2) is 13.8. The van der Waals surface area contributed by atoms with Gasteiger partial charge in [-0.05, 0) is 142 Å². The molecule has 10 aromatic carbocycles. The summed E-state index contributed by atoms with van der Waals surface area (Å²) in [5.41, 5.74) is 12.5. The zero-order valence-corrected chi connectivity index (χ0v) is 32.5. The molecule has 0 unspecified atom stereocenters. The highest BCUT2D eigenvalue weighted by Crippen LogP contribution is 2.42. The minimum atomic E-state index is 0.889. The van der Waals surface area contributed by atoms with E-state index in [0.717, 1.165) is 78.0 Å². The quantitative estimate of drug-likeness (QED) is 0.162. The number of hydrogen-bond donors (Lipinski definition) is 0. The Hall–Kier alpha value is -8.08. The van der Waals surface area contributed by atoms with Gasteiger partial charge in [0.15, 0.2) is 0 Å². The molecule has 2 heterocycles. The lowest BCUT2D eigenvalue weighted by Crippen LogP contribution is -2.09. The van der Waals surface area contributed by atoms with E-state index in [4.69, 9.17) is 8.83 Å². The molecule has 60 heavy (non-hydrogen) atoms. The van der Waals surface area contributed by atoms with Gasteiger partial charge in [-0.25, -0.2) is 0 Å². The number of hydrogen-bond acceptors (Lipinski definition) is 4. The molecular weight excluding hydrogens is 733 g/mol. The van der Waals surface area contributed by atoms with Crippen molar-refractivity contribution in [3.8, 4) is 11.1 Å². The average molecular weight is 769 g/mol. The molecule has 0 spiro atoms. The van der Waals surface area contributed by atoms with Gasteiger partial charge in [-0.3, -0.25) is 0 Å². The molecule has 2 aromatic heterocycles. The van der Waals surface area contributed by atoms with Crippen LogP contribution in [-0.4, -0.2) is 0 Å². The van der Waals surface area contributed by atoms with Gasteiger partial charge in [0.25, 0.3) is 0 Å². The maximum Gasteiger partial charge on any atom is 0.135 e. The van der Waals surface area contributed by atoms with E-state index in [1.54, 1.807) is 0 Å². The van der Waals surface area contributed by atoms with Crippen molar-refractivity contribution in [3.05, 3.63) is 218 Å². The van der Waals surface area contributed by atoms with Crippen molar-refractivity contribution < 1.29 is 8.83 Å². The lowest BCUT2D eigenvalue weighted by Gasteiger charge is -2.26. The van der Waals surface area contributed by atoms with Crippen LogP contribution >= 0.6 is 0 Å². The maximum atomic E-state index is 6.17. The first-order valence-corrected chi connectivity index (χ1v) is 20.3. The highest BCUT2D eigenvalue weighted by Gasteiger charge is 2.18. The Bertz CT molecular complexity index is 3330. The van der Waals surface area contributed by atoms with Crippen LogP contribution < -0.4 is 9.80 Å². The summed E-state index contributed by atoms with van der Waals surface area (Å²) in [5, 5.41) is 9.20. The second-order valence-corrected chi connectivity index (χ2v) is 15.4. The first-order chi connectivity index (χ1) is 29.7. The predicted octanol–water partition coefficient (Wildman–Crippen LogP) is 16.4. The van der Waals surface area contributed by atoms with E-state index in [9.17, 15) is 0 Å². The number of benzene rings is 10. The normalized spacial score (nSPS) is 11.7. The van der Waals surface area contributed by atoms with E-state index >= 15 is 0 Å². The van der Waals surface area contributed by atoms with Gasteiger partial charge in [0.2, 0.25) is 0 Å². The molecule has 12 rings (SSSR count). The summed E-state index contributed by atoms with van der Waals surface area (Å²) in [6, 6.07) is 77.7. The molecule has 0 aliphatic rings. The molecule has 282 valence electrons. The molecule has 12 aromatic rings. The van der Waals surface area contributed by atoms with Crippen molar-refractivity contribution in [3.63, 3.8) is 0 Å². The fourth-order valence-electron chi connectivity index (χ4n) is 8.86. The fourth-order valence-corrected chi connectivity index (χ4v) is 8.86. The molecule has 0 radical (unpaired) electrons. The van der Waals surface area contributed by atoms with Crippen molar-refractivity contribution >= 4 is 99.5 Å². The van der Waals surface area contributed by atoms with Crippen molar-refractivity contribution in [1.29, 1.82) is 0 Å². The standard InChI is InChI=1S/C56H36N2O2/c1-3-11-43(12-4-1)57(47-27-29-55-51(35-47)49-15-7-9-17-53(49)59-55)45-25-23-39-31-37(19-21-41(39)33-45)38-20-22-42-34-46(26-24-40(42)32-38)58(44-13-5-2-6-14-44)48-28-30-56-52(36-48)50-16-8-10-18-54(50)60-56/h1-36H. The van der Waals surface area contributed by atoms with Gasteiger partial charge < -0.3 is 18.6 Å². The van der Waals surface area contributed by atoms with Crippen LogP contribution in [0, 0.1) is 0 Å². The summed E-state index contributed by atoms with van der Waals surface area (Å²) in [5.74, 6) is 0. The lowest BCUT2D eigenvalue weighted by atomic mass is 9.98. The summed E-state index contributed by atoms with van der Waals surface area (Å²) in [6.07, 6.45) is 0. The Morgan fingerprint density at radius 3 is 1.05 bits per heavy atom. The topological polar surface area (TPSA) is 32.8 Å². The third-order valence-electron chi connectivity index (χ3n) is 11.8. The highest BCUT2D eigenvalue weighted by atomic mass is 16.3. The van der Waals surface area contributed by atoms with Crippen molar-refractivity contribution in [2.24, 2.45) is 0 Å². The number of rotatable bonds is 7. The van der Waals surface area contributed by atoms with Crippen molar-refractivity contribution in [1.82, 2.24) is 0 Å². The summed E-state index contributed by atoms with van der Waals surface area (Å²) in [4.78, 5) is 4.64. The van der Waals surface area contributed by atoms with Crippen LogP contribution in [0.15, 0.2) is 227 Å². The first kappa shape index (κ1) is 34.0. The molecule has 0 saturated heterocycles. The molecule has 0 aliphatic carbocycles. The summed E-state index contributed by atoms with van der Waals surface area (Å²) >= 11 is 0. The van der Waals surface area contributed by atoms with Gasteiger partial charge in [0, 0.05) is 55.7 Å². The Morgan fingerprint density at radius 1 is 0.233 bits per heavy atom. The molecule has 0 N–H and O–H groups in total. The lowest BCUT2D eigenvalue weighted by molar-refractivity contribution is 0.668. The SMILES string of the molecule is c1ccc(N(c2ccc3cc(-c4ccc5cc(N(c6ccccc6)c6ccc7oc8ccccc8c7c6)ccc5c4)ccc3c2)c2ccc3oc4ccccc4c3c2)cc1. The third-order valence-corrected chi connectivity index (χ3v) is 11.8. The molecule has 0 bridgehead atoms. The van der Waals surface area contributed by atoms with Gasteiger partial charge >= 0.3 is 0 Å². The van der Waals surface area contributed by atoms with Crippen molar-refractivity contribution in [2.75, 3.05) is 9.80 Å². The first-order valence-electron chi connectivity index (χ1n) is 20.3. The minimum Gasteiger partial charge on any atom is -0.456 e. The van der Waals surface area contributed by atoms with Gasteiger partial charge in [-0.2, -0.15) is 0 Å². The molecule has 0 amide bonds. The van der Waals surface area contributed by atoms with E-state index in [2.05, 4.69) is 204 Å². The second-order valence-electron chi connectivity index (χ2n) is 15.4. The summed E-state index contributed by atoms with van der Waals surface area (Å²) in [6.45, 7) is 0. The minimum absolute atomic E-state index is 0.889. The van der Waals surface area contributed by atoms with Crippen LogP contribution in [0.5, 0.6) is 0 Å². The number of para-hydroxylation sites is 4. The molecule has 4 nitrogen and oxygen atoms in total. The third kappa shape index (κ3) is 5.77. The van der Waals surface area contributed by atoms with Gasteiger partial charge in [0.1, 0.15) is 22.3 Å². The molecule has 0 atom stereocenters. The van der Waals surface area contributed by atoms with E-state index in [0.29, 0.717) is 0 Å². The molecule has 4 heteroatoms. The van der Waals surface area contributed by atoms with Crippen LogP contribution in [0.2, 0.25) is 0 Å². The zero-order chi connectivity index (χ0) is 39.6. The average Bonchev–Trinajstić information content (AvgIpc) is 3.87. The number of anilines is 6. The molecule has 0 saturated carbocycles. The number of furan rings is 2.